The van der Waals surface area contributed by atoms with Crippen molar-refractivity contribution in [2.45, 2.75) is 38.5 Å². The maximum atomic E-state index is 5.58. The Hall–Kier alpha value is -0.540. The monoisotopic (exact) mass is 399 g/mol. The minimum atomic E-state index is 0.696. The van der Waals surface area contributed by atoms with E-state index in [0.717, 1.165) is 78.3 Å². The lowest BCUT2D eigenvalue weighted by molar-refractivity contribution is 0.202. The molecule has 7 nitrogen and oxygen atoms in total. The highest BCUT2D eigenvalue weighted by Gasteiger charge is 2.09. The molecule has 0 spiro atoms. The molecule has 28 heavy (non-hydrogen) atoms. The van der Waals surface area contributed by atoms with Crippen molar-refractivity contribution in [1.29, 1.82) is 0 Å². The Balaban J connectivity index is 4.27. The zero-order chi connectivity index (χ0) is 20.7. The van der Waals surface area contributed by atoms with Crippen molar-refractivity contribution >= 4 is 0 Å². The van der Waals surface area contributed by atoms with Crippen LogP contribution in [0.25, 0.3) is 0 Å². The molecule has 0 saturated carbocycles. The Kier molecular flexibility index (Phi) is 22.3. The highest BCUT2D eigenvalue weighted by Crippen LogP contribution is 2.04. The molecular weight excluding hydrogens is 350 g/mol. The van der Waals surface area contributed by atoms with Crippen LogP contribution >= 0.6 is 0 Å². The van der Waals surface area contributed by atoms with Crippen LogP contribution in [-0.2, 0) is 0 Å². The lowest BCUT2D eigenvalue weighted by atomic mass is 10.1. The standard InChI is InChI=1S/C21H49N7/c1-2-3-16-27(18-14-25-12-10-23)20-21-28(19-15-26-13-11-24)17-8-6-4-5-7-9-22/h2,25-26H,1,3-24H2. The van der Waals surface area contributed by atoms with Gasteiger partial charge in [0, 0.05) is 72.0 Å². The quantitative estimate of drug-likeness (QED) is 0.123. The summed E-state index contributed by atoms with van der Waals surface area (Å²) in [5.41, 5.74) is 16.7. The zero-order valence-electron chi connectivity index (χ0n) is 18.3. The molecule has 0 bridgehead atoms. The number of hydrogen-bond acceptors (Lipinski definition) is 7. The molecule has 0 fully saturated rings. The number of nitrogens with zero attached hydrogens (tertiary/aromatic N) is 2. The highest BCUT2D eigenvalue weighted by atomic mass is 15.2. The Morgan fingerprint density at radius 1 is 0.571 bits per heavy atom. The second-order valence-corrected chi connectivity index (χ2v) is 7.39. The zero-order valence-corrected chi connectivity index (χ0v) is 18.3. The third-order valence-electron chi connectivity index (χ3n) is 4.91. The number of nitrogens with two attached hydrogens (primary N) is 3. The van der Waals surface area contributed by atoms with Gasteiger partial charge in [0.25, 0.3) is 0 Å². The van der Waals surface area contributed by atoms with Crippen LogP contribution in [0.15, 0.2) is 12.7 Å². The first-order valence-corrected chi connectivity index (χ1v) is 11.4. The lowest BCUT2D eigenvalue weighted by Gasteiger charge is -2.28. The number of unbranched alkanes of at least 4 members (excludes halogenated alkanes) is 4. The van der Waals surface area contributed by atoms with E-state index in [4.69, 9.17) is 17.2 Å². The fourth-order valence-corrected chi connectivity index (χ4v) is 3.17. The van der Waals surface area contributed by atoms with Gasteiger partial charge < -0.3 is 37.6 Å². The Morgan fingerprint density at radius 3 is 1.64 bits per heavy atom. The van der Waals surface area contributed by atoms with Crippen LogP contribution in [0, 0.1) is 0 Å². The average Bonchev–Trinajstić information content (AvgIpc) is 2.71. The van der Waals surface area contributed by atoms with Crippen molar-refractivity contribution in [2.24, 2.45) is 17.2 Å². The molecule has 0 aromatic rings. The lowest BCUT2D eigenvalue weighted by Crippen LogP contribution is -2.42. The molecule has 8 N–H and O–H groups in total. The van der Waals surface area contributed by atoms with Crippen molar-refractivity contribution in [2.75, 3.05) is 85.1 Å². The third kappa shape index (κ3) is 18.8. The van der Waals surface area contributed by atoms with Gasteiger partial charge in [-0.1, -0.05) is 25.3 Å². The number of rotatable bonds is 23. The van der Waals surface area contributed by atoms with Crippen molar-refractivity contribution in [3.8, 4) is 0 Å². The SMILES string of the molecule is C=CCCN(CCNCCN)CCN(CCCCCCCN)CCNCCN. The summed E-state index contributed by atoms with van der Waals surface area (Å²) in [4.78, 5) is 5.13. The van der Waals surface area contributed by atoms with Crippen LogP contribution in [-0.4, -0.2) is 94.9 Å². The summed E-state index contributed by atoms with van der Waals surface area (Å²) in [6.45, 7) is 16.5. The fraction of sp³-hybridized carbons (Fsp3) is 0.905. The molecule has 168 valence electrons. The third-order valence-corrected chi connectivity index (χ3v) is 4.91. The largest absolute Gasteiger partial charge is 0.330 e. The van der Waals surface area contributed by atoms with Gasteiger partial charge in [-0.05, 0) is 32.4 Å². The van der Waals surface area contributed by atoms with Gasteiger partial charge in [-0.2, -0.15) is 0 Å². The van der Waals surface area contributed by atoms with Crippen LogP contribution in [0.3, 0.4) is 0 Å². The number of hydrogen-bond donors (Lipinski definition) is 5. The van der Waals surface area contributed by atoms with Crippen molar-refractivity contribution < 1.29 is 0 Å². The molecule has 7 heteroatoms. The maximum Gasteiger partial charge on any atom is 0.0110 e. The molecule has 0 aliphatic carbocycles. The highest BCUT2D eigenvalue weighted by molar-refractivity contribution is 4.72. The second-order valence-electron chi connectivity index (χ2n) is 7.39. The molecule has 0 aromatic carbocycles. The van der Waals surface area contributed by atoms with Gasteiger partial charge in [0.2, 0.25) is 0 Å². The average molecular weight is 400 g/mol. The van der Waals surface area contributed by atoms with E-state index in [1.165, 1.54) is 32.2 Å². The van der Waals surface area contributed by atoms with Crippen molar-refractivity contribution in [1.82, 2.24) is 20.4 Å². The molecule has 0 radical (unpaired) electrons. The minimum Gasteiger partial charge on any atom is -0.330 e. The first-order valence-electron chi connectivity index (χ1n) is 11.4. The smallest absolute Gasteiger partial charge is 0.0110 e. The van der Waals surface area contributed by atoms with E-state index in [1.54, 1.807) is 0 Å². The predicted octanol–water partition coefficient (Wildman–Crippen LogP) is 0.172. The molecule has 0 aliphatic rings. The maximum absolute atomic E-state index is 5.58. The number of nitrogens with one attached hydrogen (secondary N) is 2. The molecule has 0 aliphatic heterocycles. The minimum absolute atomic E-state index is 0.696. The van der Waals surface area contributed by atoms with Gasteiger partial charge in [0.15, 0.2) is 0 Å². The summed E-state index contributed by atoms with van der Waals surface area (Å²) in [7, 11) is 0. The molecular formula is C21H49N7. The second kappa shape index (κ2) is 22.7. The Labute approximate surface area is 174 Å². The molecule has 0 atom stereocenters. The van der Waals surface area contributed by atoms with Gasteiger partial charge in [0.05, 0.1) is 0 Å². The van der Waals surface area contributed by atoms with Crippen LogP contribution in [0.4, 0.5) is 0 Å². The first-order chi connectivity index (χ1) is 13.8. The van der Waals surface area contributed by atoms with Gasteiger partial charge in [-0.15, -0.1) is 6.58 Å². The summed E-state index contributed by atoms with van der Waals surface area (Å²) in [6, 6.07) is 0. The Morgan fingerprint density at radius 2 is 1.11 bits per heavy atom. The van der Waals surface area contributed by atoms with E-state index in [2.05, 4.69) is 27.0 Å². The van der Waals surface area contributed by atoms with Crippen LogP contribution < -0.4 is 27.8 Å². The van der Waals surface area contributed by atoms with Gasteiger partial charge in [-0.25, -0.2) is 0 Å². The molecule has 0 aromatic heterocycles. The summed E-state index contributed by atoms with van der Waals surface area (Å²) >= 11 is 0. The summed E-state index contributed by atoms with van der Waals surface area (Å²) in [6.07, 6.45) is 9.34. The van der Waals surface area contributed by atoms with Crippen molar-refractivity contribution in [3.63, 3.8) is 0 Å². The van der Waals surface area contributed by atoms with E-state index in [1.807, 2.05) is 6.08 Å². The fourth-order valence-electron chi connectivity index (χ4n) is 3.17. The Bertz CT molecular complexity index is 315. The molecule has 0 unspecified atom stereocenters. The first kappa shape index (κ1) is 27.5. The van der Waals surface area contributed by atoms with Crippen molar-refractivity contribution in [3.05, 3.63) is 12.7 Å². The van der Waals surface area contributed by atoms with Gasteiger partial charge >= 0.3 is 0 Å². The molecule has 0 saturated heterocycles. The topological polar surface area (TPSA) is 109 Å². The molecule has 0 amide bonds. The van der Waals surface area contributed by atoms with E-state index in [0.29, 0.717) is 13.1 Å². The predicted molar refractivity (Wildman–Crippen MR) is 124 cm³/mol. The van der Waals surface area contributed by atoms with E-state index in [9.17, 15) is 0 Å². The van der Waals surface area contributed by atoms with Gasteiger partial charge in [-0.3, -0.25) is 0 Å². The summed E-state index contributed by atoms with van der Waals surface area (Å²) in [5, 5.41) is 6.82. The molecule has 0 rings (SSSR count). The normalized spacial score (nSPS) is 11.6. The summed E-state index contributed by atoms with van der Waals surface area (Å²) in [5.74, 6) is 0. The van der Waals surface area contributed by atoms with E-state index < -0.39 is 0 Å². The summed E-state index contributed by atoms with van der Waals surface area (Å²) < 4.78 is 0. The van der Waals surface area contributed by atoms with Gasteiger partial charge in [0.1, 0.15) is 0 Å². The molecule has 0 heterocycles. The van der Waals surface area contributed by atoms with E-state index >= 15 is 0 Å². The van der Waals surface area contributed by atoms with E-state index in [-0.39, 0.29) is 0 Å². The van der Waals surface area contributed by atoms with Crippen LogP contribution in [0.1, 0.15) is 38.5 Å². The van der Waals surface area contributed by atoms with Crippen LogP contribution in [0.2, 0.25) is 0 Å². The van der Waals surface area contributed by atoms with Crippen LogP contribution in [0.5, 0.6) is 0 Å².